The number of methoxy groups -OCH3 is 2. The molecule has 1 aromatic rings. The molecule has 0 bridgehead atoms. The Bertz CT molecular complexity index is 554. The van der Waals surface area contributed by atoms with Gasteiger partial charge in [0.05, 0.1) is 34.0 Å². The van der Waals surface area contributed by atoms with Crippen LogP contribution in [0.2, 0.25) is 0 Å². The van der Waals surface area contributed by atoms with Crippen LogP contribution < -0.4 is 19.7 Å². The van der Waals surface area contributed by atoms with E-state index in [-0.39, 0.29) is 5.91 Å². The molecule has 1 aliphatic heterocycles. The van der Waals surface area contributed by atoms with Crippen molar-refractivity contribution in [2.24, 2.45) is 0 Å². The molecule has 0 spiro atoms. The van der Waals surface area contributed by atoms with Crippen molar-refractivity contribution < 1.29 is 23.9 Å². The summed E-state index contributed by atoms with van der Waals surface area (Å²) in [4.78, 5) is 13.4. The molecule has 1 saturated heterocycles. The summed E-state index contributed by atoms with van der Waals surface area (Å²) in [5.41, 5.74) is 0.889. The summed E-state index contributed by atoms with van der Waals surface area (Å²) in [6, 6.07) is 5.54. The van der Waals surface area contributed by atoms with Gasteiger partial charge in [0, 0.05) is 19.0 Å². The molecule has 0 unspecified atom stereocenters. The summed E-state index contributed by atoms with van der Waals surface area (Å²) in [5, 5.41) is 2.92. The lowest BCUT2D eigenvalue weighted by Gasteiger charge is -2.23. The number of morpholine rings is 1. The third-order valence-electron chi connectivity index (χ3n) is 4.04. The molecule has 2 rings (SSSR count). The van der Waals surface area contributed by atoms with E-state index in [0.29, 0.717) is 18.0 Å². The van der Waals surface area contributed by atoms with Crippen LogP contribution >= 0.6 is 0 Å². The van der Waals surface area contributed by atoms with Gasteiger partial charge in [-0.15, -0.1) is 0 Å². The van der Waals surface area contributed by atoms with Crippen molar-refractivity contribution in [3.8, 4) is 11.5 Å². The number of nitrogens with one attached hydrogen (secondary N) is 2. The standard InChI is InChI=1S/C18H26N2O4/c1-22-16-6-4-15(14-17(16)23-2)5-7-18(21)19-8-3-9-20-10-12-24-13-11-20/h4-7,14H,3,8-13H2,1-2H3,(H,19,21)/p+1/b7-5+. The van der Waals surface area contributed by atoms with Crippen molar-refractivity contribution in [2.75, 3.05) is 53.6 Å². The first kappa shape index (κ1) is 18.3. The highest BCUT2D eigenvalue weighted by Gasteiger charge is 2.12. The molecule has 1 heterocycles. The second-order valence-electron chi connectivity index (χ2n) is 5.70. The Balaban J connectivity index is 1.72. The number of amides is 1. The lowest BCUT2D eigenvalue weighted by molar-refractivity contribution is -0.908. The zero-order chi connectivity index (χ0) is 17.2. The molecular formula is C18H27N2O4+. The maximum Gasteiger partial charge on any atom is 0.244 e. The summed E-state index contributed by atoms with van der Waals surface area (Å²) < 4.78 is 15.8. The summed E-state index contributed by atoms with van der Waals surface area (Å²) in [5.74, 6) is 1.24. The van der Waals surface area contributed by atoms with Gasteiger partial charge < -0.3 is 24.4 Å². The zero-order valence-electron chi connectivity index (χ0n) is 14.5. The number of ether oxygens (including phenoxy) is 3. The lowest BCUT2D eigenvalue weighted by atomic mass is 10.2. The average Bonchev–Trinajstić information content (AvgIpc) is 2.64. The second-order valence-corrected chi connectivity index (χ2v) is 5.70. The van der Waals surface area contributed by atoms with Crippen LogP contribution in [0, 0.1) is 0 Å². The molecule has 132 valence electrons. The average molecular weight is 335 g/mol. The Morgan fingerprint density at radius 3 is 2.71 bits per heavy atom. The summed E-state index contributed by atoms with van der Waals surface area (Å²) in [6.07, 6.45) is 4.29. The number of quaternary nitrogens is 1. The first-order chi connectivity index (χ1) is 11.7. The molecule has 0 radical (unpaired) electrons. The molecular weight excluding hydrogens is 308 g/mol. The fourth-order valence-corrected chi connectivity index (χ4v) is 2.65. The van der Waals surface area contributed by atoms with Crippen LogP contribution in [0.4, 0.5) is 0 Å². The smallest absolute Gasteiger partial charge is 0.244 e. The first-order valence-corrected chi connectivity index (χ1v) is 8.32. The van der Waals surface area contributed by atoms with Crippen LogP contribution in [0.25, 0.3) is 6.08 Å². The molecule has 2 N–H and O–H groups in total. The van der Waals surface area contributed by atoms with E-state index < -0.39 is 0 Å². The SMILES string of the molecule is COc1ccc(/C=C/C(=O)NCCC[NH+]2CCOCC2)cc1OC. The van der Waals surface area contributed by atoms with Crippen LogP contribution in [0.15, 0.2) is 24.3 Å². The Kier molecular flexibility index (Phi) is 7.58. The number of benzene rings is 1. The number of rotatable bonds is 8. The monoisotopic (exact) mass is 335 g/mol. The van der Waals surface area contributed by atoms with Gasteiger partial charge in [-0.1, -0.05) is 6.07 Å². The molecule has 6 heteroatoms. The number of carbonyl (C=O) groups is 1. The van der Waals surface area contributed by atoms with Gasteiger partial charge in [-0.25, -0.2) is 0 Å². The number of hydrogen-bond donors (Lipinski definition) is 2. The quantitative estimate of drug-likeness (QED) is 0.524. The predicted molar refractivity (Wildman–Crippen MR) is 92.6 cm³/mol. The maximum atomic E-state index is 11.9. The molecule has 6 nitrogen and oxygen atoms in total. The van der Waals surface area contributed by atoms with Crippen molar-refractivity contribution in [3.63, 3.8) is 0 Å². The van der Waals surface area contributed by atoms with Gasteiger partial charge in [0.25, 0.3) is 0 Å². The normalized spacial score (nSPS) is 15.4. The molecule has 0 aromatic heterocycles. The summed E-state index contributed by atoms with van der Waals surface area (Å²) in [7, 11) is 3.19. The van der Waals surface area contributed by atoms with Gasteiger partial charge >= 0.3 is 0 Å². The summed E-state index contributed by atoms with van der Waals surface area (Å²) in [6.45, 7) is 5.58. The first-order valence-electron chi connectivity index (χ1n) is 8.32. The van der Waals surface area contributed by atoms with Crippen LogP contribution in [-0.2, 0) is 9.53 Å². The molecule has 1 fully saturated rings. The van der Waals surface area contributed by atoms with Crippen molar-refractivity contribution in [1.29, 1.82) is 0 Å². The Morgan fingerprint density at radius 2 is 2.00 bits per heavy atom. The fourth-order valence-electron chi connectivity index (χ4n) is 2.65. The van der Waals surface area contributed by atoms with E-state index >= 15 is 0 Å². The molecule has 1 aliphatic rings. The van der Waals surface area contributed by atoms with E-state index in [0.717, 1.165) is 44.8 Å². The third-order valence-corrected chi connectivity index (χ3v) is 4.04. The van der Waals surface area contributed by atoms with Crippen molar-refractivity contribution in [2.45, 2.75) is 6.42 Å². The minimum absolute atomic E-state index is 0.0817. The van der Waals surface area contributed by atoms with Crippen molar-refractivity contribution in [1.82, 2.24) is 5.32 Å². The van der Waals surface area contributed by atoms with Crippen molar-refractivity contribution >= 4 is 12.0 Å². The van der Waals surface area contributed by atoms with Gasteiger partial charge in [0.1, 0.15) is 13.1 Å². The van der Waals surface area contributed by atoms with Gasteiger partial charge in [-0.2, -0.15) is 0 Å². The fraction of sp³-hybridized carbons (Fsp3) is 0.500. The molecule has 1 aromatic carbocycles. The van der Waals surface area contributed by atoms with Gasteiger partial charge in [-0.05, 0) is 23.8 Å². The van der Waals surface area contributed by atoms with E-state index in [1.807, 2.05) is 18.2 Å². The largest absolute Gasteiger partial charge is 0.493 e. The van der Waals surface area contributed by atoms with Gasteiger partial charge in [0.2, 0.25) is 5.91 Å². The van der Waals surface area contributed by atoms with Gasteiger partial charge in [-0.3, -0.25) is 4.79 Å². The Morgan fingerprint density at radius 1 is 1.25 bits per heavy atom. The highest BCUT2D eigenvalue weighted by Crippen LogP contribution is 2.27. The topological polar surface area (TPSA) is 61.2 Å². The highest BCUT2D eigenvalue weighted by atomic mass is 16.5. The van der Waals surface area contributed by atoms with E-state index in [1.165, 1.54) is 0 Å². The van der Waals surface area contributed by atoms with E-state index in [4.69, 9.17) is 14.2 Å². The van der Waals surface area contributed by atoms with Crippen molar-refractivity contribution in [3.05, 3.63) is 29.8 Å². The molecule has 1 amide bonds. The minimum atomic E-state index is -0.0817. The molecule has 0 atom stereocenters. The van der Waals surface area contributed by atoms with Crippen LogP contribution in [0.5, 0.6) is 11.5 Å². The van der Waals surface area contributed by atoms with E-state index in [1.54, 1.807) is 31.3 Å². The Hall–Kier alpha value is -2.05. The molecule has 24 heavy (non-hydrogen) atoms. The zero-order valence-corrected chi connectivity index (χ0v) is 14.5. The van der Waals surface area contributed by atoms with Gasteiger partial charge in [0.15, 0.2) is 11.5 Å². The summed E-state index contributed by atoms with van der Waals surface area (Å²) >= 11 is 0. The lowest BCUT2D eigenvalue weighted by Crippen LogP contribution is -3.14. The maximum absolute atomic E-state index is 11.9. The second kappa shape index (κ2) is 9.95. The highest BCUT2D eigenvalue weighted by molar-refractivity contribution is 5.91. The minimum Gasteiger partial charge on any atom is -0.493 e. The predicted octanol–water partition coefficient (Wildman–Crippen LogP) is 0.138. The third kappa shape index (κ3) is 5.86. The number of carbonyl (C=O) groups excluding carboxylic acids is 1. The van der Waals surface area contributed by atoms with Crippen LogP contribution in [0.1, 0.15) is 12.0 Å². The molecule has 0 saturated carbocycles. The Labute approximate surface area is 143 Å². The van der Waals surface area contributed by atoms with Crippen LogP contribution in [-0.4, -0.2) is 59.5 Å². The molecule has 0 aliphatic carbocycles. The van der Waals surface area contributed by atoms with E-state index in [9.17, 15) is 4.79 Å². The van der Waals surface area contributed by atoms with Crippen LogP contribution in [0.3, 0.4) is 0 Å². The van der Waals surface area contributed by atoms with E-state index in [2.05, 4.69) is 5.32 Å². The number of hydrogen-bond acceptors (Lipinski definition) is 4.